The lowest BCUT2D eigenvalue weighted by Crippen LogP contribution is -2.41. The Morgan fingerprint density at radius 2 is 1.82 bits per heavy atom. The van der Waals surface area contributed by atoms with Gasteiger partial charge in [0.25, 0.3) is 0 Å². The van der Waals surface area contributed by atoms with Gasteiger partial charge in [0.05, 0.1) is 12.7 Å². The zero-order chi connectivity index (χ0) is 20.8. The van der Waals surface area contributed by atoms with Crippen LogP contribution in [0.1, 0.15) is 57.2 Å². The molecule has 0 aliphatic carbocycles. The van der Waals surface area contributed by atoms with Gasteiger partial charge in [-0.3, -0.25) is 0 Å². The Labute approximate surface area is 169 Å². The first-order chi connectivity index (χ1) is 13.1. The average molecular weight is 402 g/mol. The van der Waals surface area contributed by atoms with Gasteiger partial charge in [0.15, 0.2) is 8.32 Å². The first-order valence-corrected chi connectivity index (χ1v) is 12.5. The minimum absolute atomic E-state index is 0.230. The SMILES string of the molecule is CC(O)c1cc(C#Cc2ccc(OCCCO[Si](C)(C)C(C)(C)C)cc2)on1. The van der Waals surface area contributed by atoms with Gasteiger partial charge >= 0.3 is 0 Å². The summed E-state index contributed by atoms with van der Waals surface area (Å²) in [6.45, 7) is 14.2. The summed E-state index contributed by atoms with van der Waals surface area (Å²) >= 11 is 0. The Morgan fingerprint density at radius 3 is 2.39 bits per heavy atom. The number of ether oxygens (including phenoxy) is 1. The minimum Gasteiger partial charge on any atom is -0.494 e. The van der Waals surface area contributed by atoms with E-state index in [1.54, 1.807) is 13.0 Å². The fraction of sp³-hybridized carbons (Fsp3) is 0.500. The van der Waals surface area contributed by atoms with Gasteiger partial charge < -0.3 is 18.8 Å². The van der Waals surface area contributed by atoms with Crippen molar-refractivity contribution in [1.29, 1.82) is 0 Å². The maximum atomic E-state index is 9.44. The molecule has 0 fully saturated rings. The molecule has 1 aromatic carbocycles. The minimum atomic E-state index is -1.68. The molecule has 5 nitrogen and oxygen atoms in total. The molecule has 1 heterocycles. The average Bonchev–Trinajstić information content (AvgIpc) is 3.09. The number of hydrogen-bond acceptors (Lipinski definition) is 5. The predicted octanol–water partition coefficient (Wildman–Crippen LogP) is 4.92. The lowest BCUT2D eigenvalue weighted by Gasteiger charge is -2.36. The van der Waals surface area contributed by atoms with Crippen molar-refractivity contribution in [2.24, 2.45) is 0 Å². The molecular weight excluding hydrogens is 370 g/mol. The van der Waals surface area contributed by atoms with Crippen molar-refractivity contribution in [2.45, 2.75) is 58.4 Å². The molecule has 1 aromatic heterocycles. The maximum absolute atomic E-state index is 9.44. The van der Waals surface area contributed by atoms with Crippen LogP contribution in [0.25, 0.3) is 0 Å². The highest BCUT2D eigenvalue weighted by molar-refractivity contribution is 6.74. The Balaban J connectivity index is 1.78. The predicted molar refractivity (Wildman–Crippen MR) is 113 cm³/mol. The molecular formula is C22H31NO4Si. The highest BCUT2D eigenvalue weighted by Gasteiger charge is 2.36. The van der Waals surface area contributed by atoms with E-state index in [-0.39, 0.29) is 5.04 Å². The molecule has 0 radical (unpaired) electrons. The number of aliphatic hydroxyl groups is 1. The van der Waals surface area contributed by atoms with Crippen molar-refractivity contribution >= 4 is 8.32 Å². The van der Waals surface area contributed by atoms with Crippen LogP contribution in [0.4, 0.5) is 0 Å². The first-order valence-electron chi connectivity index (χ1n) is 9.62. The number of rotatable bonds is 7. The zero-order valence-electron chi connectivity index (χ0n) is 17.7. The van der Waals surface area contributed by atoms with E-state index >= 15 is 0 Å². The number of hydrogen-bond donors (Lipinski definition) is 1. The molecule has 0 amide bonds. The summed E-state index contributed by atoms with van der Waals surface area (Å²) in [7, 11) is -1.68. The Bertz CT molecular complexity index is 808. The number of benzene rings is 1. The van der Waals surface area contributed by atoms with Crippen molar-refractivity contribution in [1.82, 2.24) is 5.16 Å². The molecule has 6 heteroatoms. The largest absolute Gasteiger partial charge is 0.494 e. The van der Waals surface area contributed by atoms with Crippen LogP contribution in [0.3, 0.4) is 0 Å². The molecule has 152 valence electrons. The van der Waals surface area contributed by atoms with E-state index in [0.717, 1.165) is 24.3 Å². The van der Waals surface area contributed by atoms with E-state index < -0.39 is 14.4 Å². The van der Waals surface area contributed by atoms with Crippen molar-refractivity contribution in [2.75, 3.05) is 13.2 Å². The second-order valence-electron chi connectivity index (χ2n) is 8.38. The Morgan fingerprint density at radius 1 is 1.14 bits per heavy atom. The van der Waals surface area contributed by atoms with Gasteiger partial charge in [0.2, 0.25) is 5.76 Å². The lowest BCUT2D eigenvalue weighted by molar-refractivity contribution is 0.188. The van der Waals surface area contributed by atoms with Crippen LogP contribution in [0.2, 0.25) is 18.1 Å². The van der Waals surface area contributed by atoms with Gasteiger partial charge in [-0.05, 0) is 55.2 Å². The van der Waals surface area contributed by atoms with Crippen LogP contribution >= 0.6 is 0 Å². The van der Waals surface area contributed by atoms with Crippen LogP contribution in [0.15, 0.2) is 34.9 Å². The number of nitrogens with zero attached hydrogens (tertiary/aromatic N) is 1. The molecule has 1 atom stereocenters. The third-order valence-corrected chi connectivity index (χ3v) is 9.51. The lowest BCUT2D eigenvalue weighted by atomic mass is 10.2. The van der Waals surface area contributed by atoms with E-state index in [4.69, 9.17) is 13.7 Å². The topological polar surface area (TPSA) is 64.7 Å². The molecule has 0 saturated heterocycles. The summed E-state index contributed by atoms with van der Waals surface area (Å²) in [5.41, 5.74) is 1.33. The molecule has 0 bridgehead atoms. The summed E-state index contributed by atoms with van der Waals surface area (Å²) in [5, 5.41) is 13.4. The molecule has 1 N–H and O–H groups in total. The Kier molecular flexibility index (Phi) is 7.47. The fourth-order valence-corrected chi connectivity index (χ4v) is 3.19. The highest BCUT2D eigenvalue weighted by atomic mass is 28.4. The number of aliphatic hydroxyl groups excluding tert-OH is 1. The molecule has 0 saturated carbocycles. The van der Waals surface area contributed by atoms with Crippen LogP contribution in [0.5, 0.6) is 5.75 Å². The van der Waals surface area contributed by atoms with E-state index in [9.17, 15) is 5.11 Å². The summed E-state index contributed by atoms with van der Waals surface area (Å²) in [5.74, 6) is 7.15. The normalized spacial score (nSPS) is 13.0. The quantitative estimate of drug-likeness (QED) is 0.405. The monoisotopic (exact) mass is 401 g/mol. The second-order valence-corrected chi connectivity index (χ2v) is 13.2. The summed E-state index contributed by atoms with van der Waals surface area (Å²) in [4.78, 5) is 0. The third-order valence-electron chi connectivity index (χ3n) is 4.97. The van der Waals surface area contributed by atoms with Gasteiger partial charge in [-0.25, -0.2) is 0 Å². The molecule has 1 unspecified atom stereocenters. The number of aromatic nitrogens is 1. The van der Waals surface area contributed by atoms with Crippen LogP contribution < -0.4 is 4.74 Å². The van der Waals surface area contributed by atoms with E-state index in [1.165, 1.54) is 0 Å². The van der Waals surface area contributed by atoms with Gasteiger partial charge in [-0.1, -0.05) is 31.8 Å². The van der Waals surface area contributed by atoms with Crippen molar-refractivity contribution < 1.29 is 18.8 Å². The molecule has 28 heavy (non-hydrogen) atoms. The standard InChI is InChI=1S/C22H31NO4Si/c1-17(24)21-16-20(27-23-21)13-10-18-8-11-19(12-9-18)25-14-7-15-26-28(5,6)22(2,3)4/h8-9,11-12,16-17,24H,7,14-15H2,1-6H3. The summed E-state index contributed by atoms with van der Waals surface area (Å²) in [6.07, 6.45) is 0.202. The van der Waals surface area contributed by atoms with E-state index in [2.05, 4.69) is 50.9 Å². The maximum Gasteiger partial charge on any atom is 0.210 e. The molecule has 0 spiro atoms. The van der Waals surface area contributed by atoms with Gasteiger partial charge in [-0.15, -0.1) is 0 Å². The van der Waals surface area contributed by atoms with E-state index in [1.807, 2.05) is 24.3 Å². The second kappa shape index (κ2) is 9.42. The zero-order valence-corrected chi connectivity index (χ0v) is 18.7. The Hall–Kier alpha value is -2.07. The van der Waals surface area contributed by atoms with Gasteiger partial charge in [0.1, 0.15) is 11.4 Å². The van der Waals surface area contributed by atoms with Crippen LogP contribution in [-0.2, 0) is 4.43 Å². The van der Waals surface area contributed by atoms with Crippen LogP contribution in [-0.4, -0.2) is 31.8 Å². The van der Waals surface area contributed by atoms with E-state index in [0.29, 0.717) is 18.1 Å². The summed E-state index contributed by atoms with van der Waals surface area (Å²) in [6, 6.07) is 9.25. The van der Waals surface area contributed by atoms with Crippen molar-refractivity contribution in [3.05, 3.63) is 47.3 Å². The van der Waals surface area contributed by atoms with Gasteiger partial charge in [-0.2, -0.15) is 0 Å². The third kappa shape index (κ3) is 6.52. The molecule has 2 aromatic rings. The molecule has 0 aliphatic heterocycles. The smallest absolute Gasteiger partial charge is 0.210 e. The van der Waals surface area contributed by atoms with Crippen LogP contribution in [0, 0.1) is 11.8 Å². The van der Waals surface area contributed by atoms with Crippen molar-refractivity contribution in [3.63, 3.8) is 0 Å². The fourth-order valence-electron chi connectivity index (χ4n) is 2.11. The highest BCUT2D eigenvalue weighted by Crippen LogP contribution is 2.36. The first kappa shape index (κ1) is 22.2. The summed E-state index contributed by atoms with van der Waals surface area (Å²) < 4.78 is 17.0. The molecule has 2 rings (SSSR count). The molecule has 0 aliphatic rings. The van der Waals surface area contributed by atoms with Gasteiger partial charge in [0, 0.05) is 24.7 Å². The van der Waals surface area contributed by atoms with Crippen molar-refractivity contribution in [3.8, 4) is 17.6 Å².